The Morgan fingerprint density at radius 3 is 2.30 bits per heavy atom. The molecule has 3 N–H and O–H groups in total. The number of hydrogen-bond acceptors (Lipinski definition) is 2. The number of carbonyl (C=O) groups excluding carboxylic acids is 1. The SMILES string of the molecule is CCc1ccc(NC(=O)NC2CCC(C(=O)O)CC2)cc1CC. The summed E-state index contributed by atoms with van der Waals surface area (Å²) in [5.74, 6) is -0.985. The maximum absolute atomic E-state index is 12.1. The number of rotatable bonds is 5. The summed E-state index contributed by atoms with van der Waals surface area (Å²) in [5.41, 5.74) is 3.37. The molecule has 0 atom stereocenters. The van der Waals surface area contributed by atoms with Crippen LogP contribution in [0.1, 0.15) is 50.7 Å². The summed E-state index contributed by atoms with van der Waals surface area (Å²) in [6, 6.07) is 5.87. The molecule has 0 unspecified atom stereocenters. The molecule has 23 heavy (non-hydrogen) atoms. The van der Waals surface area contributed by atoms with E-state index in [0.717, 1.165) is 31.4 Å². The van der Waals surface area contributed by atoms with Crippen LogP contribution in [0.3, 0.4) is 0 Å². The van der Waals surface area contributed by atoms with Gasteiger partial charge in [0, 0.05) is 11.7 Å². The number of carboxylic acids is 1. The van der Waals surface area contributed by atoms with Crippen LogP contribution in [-0.4, -0.2) is 23.1 Å². The predicted octanol–water partition coefficient (Wildman–Crippen LogP) is 3.58. The Labute approximate surface area is 137 Å². The van der Waals surface area contributed by atoms with Gasteiger partial charge in [-0.25, -0.2) is 4.79 Å². The molecule has 0 radical (unpaired) electrons. The van der Waals surface area contributed by atoms with Crippen molar-refractivity contribution in [1.29, 1.82) is 0 Å². The molecule has 0 aromatic heterocycles. The number of aryl methyl sites for hydroxylation is 2. The van der Waals surface area contributed by atoms with Crippen molar-refractivity contribution in [2.75, 3.05) is 5.32 Å². The van der Waals surface area contributed by atoms with Crippen LogP contribution in [0.4, 0.5) is 10.5 Å². The van der Waals surface area contributed by atoms with E-state index < -0.39 is 5.97 Å². The van der Waals surface area contributed by atoms with E-state index in [-0.39, 0.29) is 18.0 Å². The average molecular weight is 318 g/mol. The summed E-state index contributed by atoms with van der Waals surface area (Å²) in [5, 5.41) is 14.8. The summed E-state index contributed by atoms with van der Waals surface area (Å²) in [6.45, 7) is 4.24. The van der Waals surface area contributed by atoms with E-state index in [9.17, 15) is 9.59 Å². The number of carbonyl (C=O) groups is 2. The average Bonchev–Trinajstić information content (AvgIpc) is 2.55. The number of aliphatic carboxylic acids is 1. The Morgan fingerprint density at radius 1 is 1.09 bits per heavy atom. The van der Waals surface area contributed by atoms with Crippen LogP contribution in [0.15, 0.2) is 18.2 Å². The van der Waals surface area contributed by atoms with E-state index in [1.54, 1.807) is 0 Å². The van der Waals surface area contributed by atoms with Crippen LogP contribution < -0.4 is 10.6 Å². The first kappa shape index (κ1) is 17.3. The molecule has 0 saturated heterocycles. The fourth-order valence-electron chi connectivity index (χ4n) is 3.21. The quantitative estimate of drug-likeness (QED) is 0.776. The van der Waals surface area contributed by atoms with Crippen molar-refractivity contribution in [1.82, 2.24) is 5.32 Å². The second kappa shape index (κ2) is 7.99. The van der Waals surface area contributed by atoms with Crippen LogP contribution in [0.5, 0.6) is 0 Å². The van der Waals surface area contributed by atoms with Crippen molar-refractivity contribution < 1.29 is 14.7 Å². The largest absolute Gasteiger partial charge is 0.481 e. The number of hydrogen-bond donors (Lipinski definition) is 3. The molecule has 1 aromatic rings. The molecule has 1 aromatic carbocycles. The first-order valence-electron chi connectivity index (χ1n) is 8.45. The molecule has 126 valence electrons. The smallest absolute Gasteiger partial charge is 0.319 e. The molecule has 1 aliphatic rings. The molecule has 2 rings (SSSR count). The summed E-state index contributed by atoms with van der Waals surface area (Å²) >= 11 is 0. The third kappa shape index (κ3) is 4.71. The maximum atomic E-state index is 12.1. The summed E-state index contributed by atoms with van der Waals surface area (Å²) in [7, 11) is 0. The van der Waals surface area contributed by atoms with E-state index in [2.05, 4.69) is 30.5 Å². The first-order chi connectivity index (χ1) is 11.0. The van der Waals surface area contributed by atoms with Crippen molar-refractivity contribution in [2.24, 2.45) is 5.92 Å². The van der Waals surface area contributed by atoms with Crippen LogP contribution in [0.2, 0.25) is 0 Å². The van der Waals surface area contributed by atoms with E-state index in [1.807, 2.05) is 12.1 Å². The highest BCUT2D eigenvalue weighted by molar-refractivity contribution is 5.89. The van der Waals surface area contributed by atoms with Crippen LogP contribution in [0, 0.1) is 5.92 Å². The van der Waals surface area contributed by atoms with Gasteiger partial charge in [-0.15, -0.1) is 0 Å². The van der Waals surface area contributed by atoms with E-state index in [0.29, 0.717) is 12.8 Å². The van der Waals surface area contributed by atoms with Crippen molar-refractivity contribution in [3.05, 3.63) is 29.3 Å². The van der Waals surface area contributed by atoms with Gasteiger partial charge < -0.3 is 15.7 Å². The molecular formula is C18H26N2O3. The van der Waals surface area contributed by atoms with Crippen LogP contribution in [0.25, 0.3) is 0 Å². The van der Waals surface area contributed by atoms with E-state index in [4.69, 9.17) is 5.11 Å². The van der Waals surface area contributed by atoms with Gasteiger partial charge in [0.15, 0.2) is 0 Å². The van der Waals surface area contributed by atoms with Crippen molar-refractivity contribution >= 4 is 17.7 Å². The molecule has 1 aliphatic carbocycles. The fourth-order valence-corrected chi connectivity index (χ4v) is 3.21. The maximum Gasteiger partial charge on any atom is 0.319 e. The molecule has 0 bridgehead atoms. The highest BCUT2D eigenvalue weighted by Crippen LogP contribution is 2.24. The van der Waals surface area contributed by atoms with Gasteiger partial charge in [-0.05, 0) is 61.8 Å². The van der Waals surface area contributed by atoms with Crippen molar-refractivity contribution in [3.8, 4) is 0 Å². The molecule has 5 nitrogen and oxygen atoms in total. The number of nitrogens with one attached hydrogen (secondary N) is 2. The topological polar surface area (TPSA) is 78.4 Å². The Bertz CT molecular complexity index is 563. The number of urea groups is 1. The molecule has 5 heteroatoms. The molecule has 0 aliphatic heterocycles. The minimum atomic E-state index is -0.726. The lowest BCUT2D eigenvalue weighted by Gasteiger charge is -2.26. The number of anilines is 1. The molecular weight excluding hydrogens is 292 g/mol. The van der Waals surface area contributed by atoms with Gasteiger partial charge in [-0.2, -0.15) is 0 Å². The van der Waals surface area contributed by atoms with Crippen LogP contribution >= 0.6 is 0 Å². The number of benzene rings is 1. The number of carboxylic acid groups (broad SMARTS) is 1. The van der Waals surface area contributed by atoms with Gasteiger partial charge in [0.25, 0.3) is 0 Å². The lowest BCUT2D eigenvalue weighted by Crippen LogP contribution is -2.41. The zero-order valence-corrected chi connectivity index (χ0v) is 13.9. The predicted molar refractivity (Wildman–Crippen MR) is 90.7 cm³/mol. The second-order valence-electron chi connectivity index (χ2n) is 6.18. The minimum absolute atomic E-state index is 0.0613. The second-order valence-corrected chi connectivity index (χ2v) is 6.18. The molecule has 0 spiro atoms. The van der Waals surface area contributed by atoms with Crippen molar-refractivity contribution in [2.45, 2.75) is 58.4 Å². The van der Waals surface area contributed by atoms with Gasteiger partial charge in [-0.3, -0.25) is 4.79 Å². The minimum Gasteiger partial charge on any atom is -0.481 e. The fraction of sp³-hybridized carbons (Fsp3) is 0.556. The van der Waals surface area contributed by atoms with E-state index in [1.165, 1.54) is 11.1 Å². The molecule has 0 heterocycles. The Kier molecular flexibility index (Phi) is 6.02. The summed E-state index contributed by atoms with van der Waals surface area (Å²) in [4.78, 5) is 23.0. The number of amides is 2. The first-order valence-corrected chi connectivity index (χ1v) is 8.45. The van der Waals surface area contributed by atoms with Gasteiger partial charge in [-0.1, -0.05) is 19.9 Å². The van der Waals surface area contributed by atoms with E-state index >= 15 is 0 Å². The van der Waals surface area contributed by atoms with Gasteiger partial charge in [0.05, 0.1) is 5.92 Å². The molecule has 1 fully saturated rings. The highest BCUT2D eigenvalue weighted by atomic mass is 16.4. The third-order valence-electron chi connectivity index (χ3n) is 4.64. The van der Waals surface area contributed by atoms with Crippen molar-refractivity contribution in [3.63, 3.8) is 0 Å². The zero-order chi connectivity index (χ0) is 16.8. The molecule has 1 saturated carbocycles. The lowest BCUT2D eigenvalue weighted by atomic mass is 9.86. The van der Waals surface area contributed by atoms with Gasteiger partial charge >= 0.3 is 12.0 Å². The van der Waals surface area contributed by atoms with Crippen LogP contribution in [-0.2, 0) is 17.6 Å². The zero-order valence-electron chi connectivity index (χ0n) is 13.9. The summed E-state index contributed by atoms with van der Waals surface area (Å²) < 4.78 is 0. The van der Waals surface area contributed by atoms with Gasteiger partial charge in [0.2, 0.25) is 0 Å². The normalized spacial score (nSPS) is 20.8. The molecule has 2 amide bonds. The highest BCUT2D eigenvalue weighted by Gasteiger charge is 2.26. The Balaban J connectivity index is 1.87. The standard InChI is InChI=1S/C18H26N2O3/c1-3-12-5-10-16(11-13(12)4-2)20-18(23)19-15-8-6-14(7-9-15)17(21)22/h5,10-11,14-15H,3-4,6-9H2,1-2H3,(H,21,22)(H2,19,20,23). The monoisotopic (exact) mass is 318 g/mol. The lowest BCUT2D eigenvalue weighted by molar-refractivity contribution is -0.142. The Morgan fingerprint density at radius 2 is 1.74 bits per heavy atom. The summed E-state index contributed by atoms with van der Waals surface area (Å²) in [6.07, 6.45) is 4.64. The third-order valence-corrected chi connectivity index (χ3v) is 4.64. The van der Waals surface area contributed by atoms with Gasteiger partial charge in [0.1, 0.15) is 0 Å². The Hall–Kier alpha value is -2.04.